The Morgan fingerprint density at radius 1 is 1.19 bits per heavy atom. The van der Waals surface area contributed by atoms with Crippen LogP contribution in [0.2, 0.25) is 5.02 Å². The van der Waals surface area contributed by atoms with Crippen molar-refractivity contribution < 1.29 is 8.63 Å². The fourth-order valence-electron chi connectivity index (χ4n) is 3.09. The summed E-state index contributed by atoms with van der Waals surface area (Å²) in [5.41, 5.74) is 3.61. The molecule has 4 rings (SSSR count). The summed E-state index contributed by atoms with van der Waals surface area (Å²) < 4.78 is 20.8. The first-order valence-corrected chi connectivity index (χ1v) is 9.46. The van der Waals surface area contributed by atoms with Crippen LogP contribution in [0, 0.1) is 6.92 Å². The van der Waals surface area contributed by atoms with Crippen LogP contribution in [0.5, 0.6) is 0 Å². The lowest BCUT2D eigenvalue weighted by Gasteiger charge is -2.08. The molecular formula is C19H15ClN2O3S. The number of halogens is 1. The van der Waals surface area contributed by atoms with Gasteiger partial charge in [0.15, 0.2) is 5.58 Å². The second-order valence-electron chi connectivity index (χ2n) is 5.90. The molecule has 0 saturated heterocycles. The maximum Gasteiger partial charge on any atom is 0.252 e. The summed E-state index contributed by atoms with van der Waals surface area (Å²) in [5, 5.41) is 1.32. The van der Waals surface area contributed by atoms with Gasteiger partial charge in [0.05, 0.1) is 10.4 Å². The highest BCUT2D eigenvalue weighted by Crippen LogP contribution is 2.36. The van der Waals surface area contributed by atoms with Crippen molar-refractivity contribution in [3.8, 4) is 11.1 Å². The Labute approximate surface area is 156 Å². The number of furan rings is 1. The van der Waals surface area contributed by atoms with E-state index >= 15 is 0 Å². The molecule has 2 aromatic carbocycles. The molecule has 26 heavy (non-hydrogen) atoms. The number of nitrogens with one attached hydrogen (secondary N) is 2. The summed E-state index contributed by atoms with van der Waals surface area (Å²) in [6.07, 6.45) is 0. The van der Waals surface area contributed by atoms with Gasteiger partial charge >= 0.3 is 0 Å². The molecule has 0 saturated carbocycles. The zero-order chi connectivity index (χ0) is 18.4. The first-order valence-electron chi connectivity index (χ1n) is 7.94. The molecule has 0 bridgehead atoms. The van der Waals surface area contributed by atoms with Crippen LogP contribution in [-0.4, -0.2) is 16.2 Å². The second kappa shape index (κ2) is 6.39. The molecule has 5 nitrogen and oxygen atoms in total. The summed E-state index contributed by atoms with van der Waals surface area (Å²) >= 11 is 6.10. The maximum absolute atomic E-state index is 12.5. The van der Waals surface area contributed by atoms with E-state index in [4.69, 9.17) is 16.0 Å². The van der Waals surface area contributed by atoms with Gasteiger partial charge in [-0.15, -0.1) is 0 Å². The van der Waals surface area contributed by atoms with E-state index in [2.05, 4.69) is 9.71 Å². The summed E-state index contributed by atoms with van der Waals surface area (Å²) in [5.74, 6) is 0. The number of fused-ring (bicyclic) bond motifs is 3. The van der Waals surface area contributed by atoms with E-state index in [1.165, 1.54) is 0 Å². The van der Waals surface area contributed by atoms with Crippen LogP contribution in [0.15, 0.2) is 56.6 Å². The molecule has 0 radical (unpaired) electrons. The van der Waals surface area contributed by atoms with Crippen molar-refractivity contribution in [2.45, 2.75) is 11.8 Å². The van der Waals surface area contributed by atoms with Gasteiger partial charge in [0.2, 0.25) is 0 Å². The highest BCUT2D eigenvalue weighted by molar-refractivity contribution is 7.83. The number of hydrogen-bond acceptors (Lipinski definition) is 3. The number of H-pyrrole nitrogens is 1. The number of benzene rings is 2. The van der Waals surface area contributed by atoms with Gasteiger partial charge in [0.25, 0.3) is 5.56 Å². The normalized spacial score (nSPS) is 12.7. The Balaban J connectivity index is 2.09. The lowest BCUT2D eigenvalue weighted by molar-refractivity contribution is 0.668. The number of pyridine rings is 1. The van der Waals surface area contributed by atoms with Crippen LogP contribution in [0.3, 0.4) is 0 Å². The van der Waals surface area contributed by atoms with Gasteiger partial charge in [0, 0.05) is 21.5 Å². The second-order valence-corrected chi connectivity index (χ2v) is 7.76. The molecule has 0 spiro atoms. The van der Waals surface area contributed by atoms with E-state index in [9.17, 15) is 9.00 Å². The van der Waals surface area contributed by atoms with Crippen molar-refractivity contribution in [1.29, 1.82) is 0 Å². The molecular weight excluding hydrogens is 372 g/mol. The van der Waals surface area contributed by atoms with E-state index < -0.39 is 11.0 Å². The third-order valence-corrected chi connectivity index (χ3v) is 5.64. The topological polar surface area (TPSA) is 75.1 Å². The van der Waals surface area contributed by atoms with Gasteiger partial charge in [-0.2, -0.15) is 0 Å². The van der Waals surface area contributed by atoms with E-state index in [0.29, 0.717) is 37.7 Å². The van der Waals surface area contributed by atoms with E-state index in [-0.39, 0.29) is 5.56 Å². The number of hydrogen-bond donors (Lipinski definition) is 2. The van der Waals surface area contributed by atoms with Crippen molar-refractivity contribution in [2.24, 2.45) is 0 Å². The van der Waals surface area contributed by atoms with Crippen LogP contribution < -0.4 is 10.3 Å². The Kier molecular flexibility index (Phi) is 4.19. The van der Waals surface area contributed by atoms with Crippen LogP contribution in [-0.2, 0) is 11.0 Å². The van der Waals surface area contributed by atoms with Gasteiger partial charge in [-0.05, 0) is 49.9 Å². The monoisotopic (exact) mass is 386 g/mol. The van der Waals surface area contributed by atoms with Crippen molar-refractivity contribution in [1.82, 2.24) is 9.71 Å². The molecule has 7 heteroatoms. The van der Waals surface area contributed by atoms with Crippen molar-refractivity contribution in [2.75, 3.05) is 7.05 Å². The van der Waals surface area contributed by atoms with Crippen molar-refractivity contribution in [3.05, 3.63) is 63.4 Å². The Hall–Kier alpha value is -2.41. The Morgan fingerprint density at radius 3 is 2.77 bits per heavy atom. The fourth-order valence-corrected chi connectivity index (χ4v) is 3.94. The lowest BCUT2D eigenvalue weighted by Crippen LogP contribution is -2.12. The lowest BCUT2D eigenvalue weighted by atomic mass is 10.0. The quantitative estimate of drug-likeness (QED) is 0.555. The molecule has 1 unspecified atom stereocenters. The molecule has 2 aromatic heterocycles. The third-order valence-electron chi connectivity index (χ3n) is 4.35. The summed E-state index contributed by atoms with van der Waals surface area (Å²) in [6.45, 7) is 1.75. The molecule has 2 heterocycles. The highest BCUT2D eigenvalue weighted by atomic mass is 35.5. The molecule has 0 aliphatic rings. The molecule has 4 aromatic rings. The van der Waals surface area contributed by atoms with Gasteiger partial charge in [-0.1, -0.05) is 23.7 Å². The fraction of sp³-hybridized carbons (Fsp3) is 0.105. The first-order chi connectivity index (χ1) is 12.5. The highest BCUT2D eigenvalue weighted by Gasteiger charge is 2.18. The van der Waals surface area contributed by atoms with Crippen LogP contribution in [0.4, 0.5) is 0 Å². The zero-order valence-corrected chi connectivity index (χ0v) is 15.6. The third kappa shape index (κ3) is 2.67. The average Bonchev–Trinajstić information content (AvgIpc) is 2.99. The van der Waals surface area contributed by atoms with Gasteiger partial charge in [0.1, 0.15) is 16.6 Å². The van der Waals surface area contributed by atoms with Gasteiger partial charge < -0.3 is 9.40 Å². The predicted molar refractivity (Wildman–Crippen MR) is 105 cm³/mol. The summed E-state index contributed by atoms with van der Waals surface area (Å²) in [6, 6.07) is 12.5. The van der Waals surface area contributed by atoms with E-state index in [0.717, 1.165) is 10.9 Å². The van der Waals surface area contributed by atoms with Crippen LogP contribution in [0.1, 0.15) is 5.56 Å². The summed E-state index contributed by atoms with van der Waals surface area (Å²) in [4.78, 5) is 16.0. The van der Waals surface area contributed by atoms with Crippen LogP contribution in [0.25, 0.3) is 33.2 Å². The minimum atomic E-state index is -1.32. The maximum atomic E-state index is 12.5. The van der Waals surface area contributed by atoms with Gasteiger partial charge in [-0.25, -0.2) is 8.93 Å². The SMILES string of the molecule is CNS(=O)c1cccc(-c2c(C)c(=O)[nH]c3c2oc2ccc(Cl)cc23)c1. The largest absolute Gasteiger partial charge is 0.454 e. The number of aromatic nitrogens is 1. The van der Waals surface area contributed by atoms with Crippen molar-refractivity contribution >= 4 is 44.7 Å². The van der Waals surface area contributed by atoms with Crippen molar-refractivity contribution in [3.63, 3.8) is 0 Å². The van der Waals surface area contributed by atoms with Crippen LogP contribution >= 0.6 is 11.6 Å². The Bertz CT molecular complexity index is 1240. The molecule has 0 fully saturated rings. The standard InChI is InChI=1S/C19H15ClN2O3S/c1-10-16(11-4-3-5-13(8-11)26(24)21-2)18-17(22-19(10)23)14-9-12(20)6-7-15(14)25-18/h3-9,21H,1-2H3,(H,22,23). The molecule has 2 N–H and O–H groups in total. The van der Waals surface area contributed by atoms with E-state index in [1.54, 1.807) is 44.3 Å². The summed E-state index contributed by atoms with van der Waals surface area (Å²) in [7, 11) is 0.305. The minimum absolute atomic E-state index is 0.199. The minimum Gasteiger partial charge on any atom is -0.454 e. The van der Waals surface area contributed by atoms with E-state index in [1.807, 2.05) is 12.1 Å². The molecule has 1 atom stereocenters. The first kappa shape index (κ1) is 17.0. The zero-order valence-electron chi connectivity index (χ0n) is 14.1. The number of rotatable bonds is 3. The molecule has 0 amide bonds. The molecule has 0 aliphatic carbocycles. The number of aromatic amines is 1. The van der Waals surface area contributed by atoms with Gasteiger partial charge in [-0.3, -0.25) is 4.79 Å². The smallest absolute Gasteiger partial charge is 0.252 e. The molecule has 0 aliphatic heterocycles. The Morgan fingerprint density at radius 2 is 2.00 bits per heavy atom. The molecule has 132 valence electrons. The average molecular weight is 387 g/mol. The predicted octanol–water partition coefficient (Wildman–Crippen LogP) is 4.15.